The van der Waals surface area contributed by atoms with Crippen LogP contribution in [-0.2, 0) is 6.54 Å². The molecule has 2 aromatic carbocycles. The molecule has 96 valence electrons. The van der Waals surface area contributed by atoms with E-state index >= 15 is 0 Å². The SMILES string of the molecule is N#Cc1ccc(F)c(CNc2cc(Br)ccc2Cl)c1. The summed E-state index contributed by atoms with van der Waals surface area (Å²) in [6, 6.07) is 11.6. The minimum atomic E-state index is -0.349. The third kappa shape index (κ3) is 3.46. The quantitative estimate of drug-likeness (QED) is 0.878. The first-order valence-electron chi connectivity index (χ1n) is 5.47. The lowest BCUT2D eigenvalue weighted by Gasteiger charge is -2.10. The Hall–Kier alpha value is -1.57. The fourth-order valence-corrected chi connectivity index (χ4v) is 2.15. The van der Waals surface area contributed by atoms with Crippen LogP contribution >= 0.6 is 27.5 Å². The standard InChI is InChI=1S/C14H9BrClFN2/c15-11-2-3-12(16)14(6-11)19-8-10-5-9(7-18)1-4-13(10)17/h1-6,19H,8H2. The molecule has 0 fully saturated rings. The van der Waals surface area contributed by atoms with E-state index in [0.717, 1.165) is 4.47 Å². The Morgan fingerprint density at radius 2 is 2.05 bits per heavy atom. The molecule has 0 heterocycles. The Labute approximate surface area is 123 Å². The summed E-state index contributed by atoms with van der Waals surface area (Å²) < 4.78 is 14.5. The first kappa shape index (κ1) is 13.9. The van der Waals surface area contributed by atoms with Gasteiger partial charge in [-0.1, -0.05) is 27.5 Å². The van der Waals surface area contributed by atoms with Crippen molar-refractivity contribution in [1.29, 1.82) is 5.26 Å². The molecule has 0 bridgehead atoms. The topological polar surface area (TPSA) is 35.8 Å². The molecule has 5 heteroatoms. The van der Waals surface area contributed by atoms with Crippen LogP contribution in [0.25, 0.3) is 0 Å². The lowest BCUT2D eigenvalue weighted by atomic mass is 10.1. The van der Waals surface area contributed by atoms with Crippen molar-refractivity contribution < 1.29 is 4.39 Å². The van der Waals surface area contributed by atoms with E-state index in [9.17, 15) is 4.39 Å². The van der Waals surface area contributed by atoms with E-state index in [1.807, 2.05) is 18.2 Å². The molecule has 2 aromatic rings. The maximum absolute atomic E-state index is 13.6. The molecule has 0 atom stereocenters. The van der Waals surface area contributed by atoms with Crippen LogP contribution < -0.4 is 5.32 Å². The number of nitriles is 1. The number of hydrogen-bond acceptors (Lipinski definition) is 2. The lowest BCUT2D eigenvalue weighted by molar-refractivity contribution is 0.612. The average molecular weight is 340 g/mol. The van der Waals surface area contributed by atoms with E-state index in [0.29, 0.717) is 21.8 Å². The summed E-state index contributed by atoms with van der Waals surface area (Å²) in [7, 11) is 0. The van der Waals surface area contributed by atoms with Gasteiger partial charge in [0, 0.05) is 16.6 Å². The molecule has 2 nitrogen and oxygen atoms in total. The highest BCUT2D eigenvalue weighted by atomic mass is 79.9. The highest BCUT2D eigenvalue weighted by Gasteiger charge is 2.05. The molecule has 2 rings (SSSR count). The number of nitrogens with zero attached hydrogens (tertiary/aromatic N) is 1. The van der Waals surface area contributed by atoms with E-state index in [1.54, 1.807) is 6.07 Å². The van der Waals surface area contributed by atoms with Gasteiger partial charge in [-0.05, 0) is 36.4 Å². The Morgan fingerprint density at radius 1 is 1.26 bits per heavy atom. The predicted octanol–water partition coefficient (Wildman–Crippen LogP) is 4.73. The normalized spacial score (nSPS) is 10.0. The maximum atomic E-state index is 13.6. The molecule has 0 aliphatic rings. The number of hydrogen-bond donors (Lipinski definition) is 1. The van der Waals surface area contributed by atoms with Crippen LogP contribution in [0.4, 0.5) is 10.1 Å². The summed E-state index contributed by atoms with van der Waals surface area (Å²) >= 11 is 9.38. The van der Waals surface area contributed by atoms with Crippen molar-refractivity contribution in [2.75, 3.05) is 5.32 Å². The van der Waals surface area contributed by atoms with Crippen LogP contribution in [0.5, 0.6) is 0 Å². The Bertz CT molecular complexity index is 652. The second-order valence-corrected chi connectivity index (χ2v) is 5.22. The molecule has 0 aliphatic carbocycles. The van der Waals surface area contributed by atoms with E-state index in [-0.39, 0.29) is 12.4 Å². The van der Waals surface area contributed by atoms with Gasteiger partial charge in [0.2, 0.25) is 0 Å². The number of anilines is 1. The van der Waals surface area contributed by atoms with Crippen LogP contribution in [0.2, 0.25) is 5.02 Å². The predicted molar refractivity (Wildman–Crippen MR) is 77.6 cm³/mol. The highest BCUT2D eigenvalue weighted by Crippen LogP contribution is 2.26. The van der Waals surface area contributed by atoms with Gasteiger partial charge in [0.25, 0.3) is 0 Å². The van der Waals surface area contributed by atoms with Gasteiger partial charge in [0.15, 0.2) is 0 Å². The summed E-state index contributed by atoms with van der Waals surface area (Å²) in [5.41, 5.74) is 1.56. The van der Waals surface area contributed by atoms with E-state index < -0.39 is 0 Å². The molecule has 0 saturated carbocycles. The van der Waals surface area contributed by atoms with Crippen LogP contribution in [0.1, 0.15) is 11.1 Å². The van der Waals surface area contributed by atoms with Gasteiger partial charge in [-0.3, -0.25) is 0 Å². The molecule has 1 N–H and O–H groups in total. The van der Waals surface area contributed by atoms with E-state index in [1.165, 1.54) is 18.2 Å². The van der Waals surface area contributed by atoms with Crippen LogP contribution in [-0.4, -0.2) is 0 Å². The van der Waals surface area contributed by atoms with Gasteiger partial charge in [-0.15, -0.1) is 0 Å². The van der Waals surface area contributed by atoms with Crippen molar-refractivity contribution in [1.82, 2.24) is 0 Å². The minimum Gasteiger partial charge on any atom is -0.380 e. The fourth-order valence-electron chi connectivity index (χ4n) is 1.60. The minimum absolute atomic E-state index is 0.261. The molecule has 0 radical (unpaired) electrons. The summed E-state index contributed by atoms with van der Waals surface area (Å²) in [5, 5.41) is 12.4. The van der Waals surface area contributed by atoms with Gasteiger partial charge < -0.3 is 5.32 Å². The second-order valence-electron chi connectivity index (χ2n) is 3.90. The van der Waals surface area contributed by atoms with E-state index in [2.05, 4.69) is 21.2 Å². The van der Waals surface area contributed by atoms with Crippen molar-refractivity contribution in [2.24, 2.45) is 0 Å². The third-order valence-electron chi connectivity index (χ3n) is 2.57. The zero-order valence-electron chi connectivity index (χ0n) is 9.75. The Morgan fingerprint density at radius 3 is 2.79 bits per heavy atom. The first-order chi connectivity index (χ1) is 9.10. The van der Waals surface area contributed by atoms with Crippen molar-refractivity contribution >= 4 is 33.2 Å². The molecule has 0 unspecified atom stereocenters. The summed E-state index contributed by atoms with van der Waals surface area (Å²) in [5.74, 6) is -0.349. The molecule has 0 saturated heterocycles. The van der Waals surface area contributed by atoms with Crippen LogP contribution in [0.3, 0.4) is 0 Å². The number of rotatable bonds is 3. The smallest absolute Gasteiger partial charge is 0.128 e. The van der Waals surface area contributed by atoms with Crippen molar-refractivity contribution in [3.63, 3.8) is 0 Å². The zero-order chi connectivity index (χ0) is 13.8. The van der Waals surface area contributed by atoms with E-state index in [4.69, 9.17) is 16.9 Å². The average Bonchev–Trinajstić information content (AvgIpc) is 2.41. The van der Waals surface area contributed by atoms with Crippen molar-refractivity contribution in [2.45, 2.75) is 6.54 Å². The van der Waals surface area contributed by atoms with Gasteiger partial charge in [0.1, 0.15) is 5.82 Å². The Kier molecular flexibility index (Phi) is 4.41. The fraction of sp³-hybridized carbons (Fsp3) is 0.0714. The van der Waals surface area contributed by atoms with Gasteiger partial charge >= 0.3 is 0 Å². The Balaban J connectivity index is 2.19. The molecule has 19 heavy (non-hydrogen) atoms. The largest absolute Gasteiger partial charge is 0.380 e. The maximum Gasteiger partial charge on any atom is 0.128 e. The summed E-state index contributed by atoms with van der Waals surface area (Å²) in [6.45, 7) is 0.261. The number of benzene rings is 2. The molecule has 0 amide bonds. The van der Waals surface area contributed by atoms with Gasteiger partial charge in [-0.25, -0.2) is 4.39 Å². The lowest BCUT2D eigenvalue weighted by Crippen LogP contribution is -2.02. The second kappa shape index (κ2) is 6.05. The molecular weight excluding hydrogens is 331 g/mol. The van der Waals surface area contributed by atoms with Crippen molar-refractivity contribution in [3.05, 3.63) is 62.8 Å². The highest BCUT2D eigenvalue weighted by molar-refractivity contribution is 9.10. The molecule has 0 spiro atoms. The first-order valence-corrected chi connectivity index (χ1v) is 6.64. The van der Waals surface area contributed by atoms with Crippen molar-refractivity contribution in [3.8, 4) is 6.07 Å². The number of halogens is 3. The molecular formula is C14H9BrClFN2. The third-order valence-corrected chi connectivity index (χ3v) is 3.40. The summed E-state index contributed by atoms with van der Waals surface area (Å²) in [4.78, 5) is 0. The van der Waals surface area contributed by atoms with Crippen LogP contribution in [0, 0.1) is 17.1 Å². The van der Waals surface area contributed by atoms with Gasteiger partial charge in [-0.2, -0.15) is 5.26 Å². The van der Waals surface area contributed by atoms with Crippen LogP contribution in [0.15, 0.2) is 40.9 Å². The number of nitrogens with one attached hydrogen (secondary N) is 1. The molecule has 0 aliphatic heterocycles. The monoisotopic (exact) mass is 338 g/mol. The summed E-state index contributed by atoms with van der Waals surface area (Å²) in [6.07, 6.45) is 0. The molecule has 0 aromatic heterocycles. The zero-order valence-corrected chi connectivity index (χ0v) is 12.1. The van der Waals surface area contributed by atoms with Gasteiger partial charge in [0.05, 0.1) is 22.3 Å².